The zero-order chi connectivity index (χ0) is 6.41. The van der Waals surface area contributed by atoms with Crippen molar-refractivity contribution in [2.24, 2.45) is 19.7 Å². The topological polar surface area (TPSA) is 63.1 Å². The van der Waals surface area contributed by atoms with Crippen LogP contribution in [0.1, 0.15) is 0 Å². The van der Waals surface area contributed by atoms with Crippen molar-refractivity contribution in [2.45, 2.75) is 0 Å². The minimum absolute atomic E-state index is 0.129. The fraction of sp³-hybridized carbons (Fsp3) is 0. The van der Waals surface area contributed by atoms with Crippen LogP contribution in [0, 0.1) is 0 Å². The third kappa shape index (κ3) is 3.61. The molecule has 0 atom stereocenters. The van der Waals surface area contributed by atoms with Crippen LogP contribution in [0.4, 0.5) is 0 Å². The van der Waals surface area contributed by atoms with E-state index in [1.165, 1.54) is 0 Å². The second-order valence-electron chi connectivity index (χ2n) is 0.739. The van der Waals surface area contributed by atoms with Crippen molar-refractivity contribution in [1.82, 2.24) is 0 Å². The van der Waals surface area contributed by atoms with E-state index in [0.717, 1.165) is 0 Å². The van der Waals surface area contributed by atoms with E-state index in [9.17, 15) is 0 Å². The van der Waals surface area contributed by atoms with E-state index in [1.54, 1.807) is 0 Å². The van der Waals surface area contributed by atoms with E-state index in [2.05, 4.69) is 14.0 Å². The Morgan fingerprint density at radius 2 is 2.12 bits per heavy atom. The Bertz CT molecular complexity index is 144. The van der Waals surface area contributed by atoms with Crippen LogP contribution >= 0.6 is 23.6 Å². The summed E-state index contributed by atoms with van der Waals surface area (Å²) in [5.74, 6) is -0.129. The Balaban J connectivity index is 3.90. The van der Waals surface area contributed by atoms with Gasteiger partial charge in [-0.3, -0.25) is 0 Å². The van der Waals surface area contributed by atoms with Gasteiger partial charge in [-0.15, -0.1) is 14.0 Å². The molecular weight excluding hydrogens is 151 g/mol. The van der Waals surface area contributed by atoms with Crippen LogP contribution in [-0.2, 0) is 0 Å². The molecule has 2 N–H and O–H groups in total. The lowest BCUT2D eigenvalue weighted by Gasteiger charge is -1.75. The van der Waals surface area contributed by atoms with E-state index in [4.69, 9.17) is 29.3 Å². The van der Waals surface area contributed by atoms with Gasteiger partial charge in [-0.1, -0.05) is 0 Å². The number of nitrogens with zero attached hydrogens (tertiary/aromatic N) is 3. The highest BCUT2D eigenvalue weighted by atomic mass is 35.5. The SMILES string of the molecule is NC(N=C=NCl)=NCl. The van der Waals surface area contributed by atoms with Gasteiger partial charge in [0.05, 0.1) is 0 Å². The van der Waals surface area contributed by atoms with Crippen LogP contribution < -0.4 is 5.73 Å². The lowest BCUT2D eigenvalue weighted by Crippen LogP contribution is -2.05. The largest absolute Gasteiger partial charge is 0.366 e. The molecule has 0 radical (unpaired) electrons. The molecule has 0 amide bonds. The quantitative estimate of drug-likeness (QED) is 0.405. The molecule has 0 unspecified atom stereocenters. The predicted molar refractivity (Wildman–Crippen MR) is 33.2 cm³/mol. The summed E-state index contributed by atoms with van der Waals surface area (Å²) in [7, 11) is 0. The summed E-state index contributed by atoms with van der Waals surface area (Å²) in [6, 6.07) is 1.97. The predicted octanol–water partition coefficient (Wildman–Crippen LogP) is 0.783. The highest BCUT2D eigenvalue weighted by Crippen LogP contribution is 1.75. The maximum atomic E-state index is 4.93. The highest BCUT2D eigenvalue weighted by Gasteiger charge is 1.76. The Morgan fingerprint density at radius 1 is 1.50 bits per heavy atom. The number of rotatable bonds is 0. The summed E-state index contributed by atoms with van der Waals surface area (Å²) in [4.78, 5) is 3.21. The minimum atomic E-state index is -0.129. The van der Waals surface area contributed by atoms with Gasteiger partial charge in [-0.2, -0.15) is 0 Å². The molecule has 0 aliphatic rings. The van der Waals surface area contributed by atoms with Gasteiger partial charge in [-0.25, -0.2) is 0 Å². The third-order valence-electron chi connectivity index (χ3n) is 0.289. The van der Waals surface area contributed by atoms with Gasteiger partial charge in [0.1, 0.15) is 6.01 Å². The fourth-order valence-electron chi connectivity index (χ4n) is 0.0890. The molecule has 0 aromatic carbocycles. The van der Waals surface area contributed by atoms with Gasteiger partial charge in [0.15, 0.2) is 0 Å². The number of aliphatic imine (C=N–C) groups is 1. The standard InChI is InChI=1S/C2H2Cl2N4/c3-7-1-6-2(5)8-4/h(H2,5,8). The van der Waals surface area contributed by atoms with E-state index in [0.29, 0.717) is 0 Å². The normalized spacial score (nSPS) is 10.0. The monoisotopic (exact) mass is 152 g/mol. The number of guanidine groups is 1. The first-order valence-electron chi connectivity index (χ1n) is 1.52. The summed E-state index contributed by atoms with van der Waals surface area (Å²) >= 11 is 9.60. The molecule has 44 valence electrons. The van der Waals surface area contributed by atoms with Crippen LogP contribution in [0.3, 0.4) is 0 Å². The molecule has 0 aromatic heterocycles. The highest BCUT2D eigenvalue weighted by molar-refractivity contribution is 6.20. The number of halogens is 2. The second-order valence-corrected chi connectivity index (χ2v) is 1.08. The van der Waals surface area contributed by atoms with Crippen molar-refractivity contribution in [3.63, 3.8) is 0 Å². The molecule has 0 rings (SSSR count). The molecule has 0 aromatic rings. The van der Waals surface area contributed by atoms with Gasteiger partial charge in [0.25, 0.3) is 0 Å². The van der Waals surface area contributed by atoms with E-state index >= 15 is 0 Å². The molecule has 4 nitrogen and oxygen atoms in total. The summed E-state index contributed by atoms with van der Waals surface area (Å²) in [5, 5.41) is 0. The summed E-state index contributed by atoms with van der Waals surface area (Å²) in [6.45, 7) is 0. The van der Waals surface area contributed by atoms with E-state index < -0.39 is 0 Å². The van der Waals surface area contributed by atoms with Gasteiger partial charge in [0, 0.05) is 23.6 Å². The molecule has 0 heterocycles. The molecule has 0 fully saturated rings. The molecule has 0 spiro atoms. The Labute approximate surface area is 56.0 Å². The summed E-state index contributed by atoms with van der Waals surface area (Å²) in [5.41, 5.74) is 4.93. The van der Waals surface area contributed by atoms with Gasteiger partial charge in [0.2, 0.25) is 5.96 Å². The number of nitrogens with two attached hydrogens (primary N) is 1. The maximum Gasteiger partial charge on any atom is 0.242 e. The fourth-order valence-corrected chi connectivity index (χ4v) is 0.165. The summed E-state index contributed by atoms with van der Waals surface area (Å²) in [6.07, 6.45) is 0. The first kappa shape index (κ1) is 7.43. The van der Waals surface area contributed by atoms with Gasteiger partial charge < -0.3 is 5.73 Å². The van der Waals surface area contributed by atoms with Gasteiger partial charge in [-0.05, 0) is 0 Å². The molecule has 0 aliphatic carbocycles. The third-order valence-corrected chi connectivity index (χ3v) is 0.538. The molecule has 8 heavy (non-hydrogen) atoms. The molecular formula is C2H2Cl2N4. The first-order chi connectivity index (χ1) is 3.81. The van der Waals surface area contributed by atoms with Gasteiger partial charge >= 0.3 is 0 Å². The first-order valence-corrected chi connectivity index (χ1v) is 2.20. The van der Waals surface area contributed by atoms with Crippen LogP contribution in [0.25, 0.3) is 0 Å². The maximum absolute atomic E-state index is 4.93. The van der Waals surface area contributed by atoms with Crippen molar-refractivity contribution in [3.8, 4) is 0 Å². The van der Waals surface area contributed by atoms with E-state index in [1.807, 2.05) is 6.01 Å². The molecule has 0 saturated heterocycles. The van der Waals surface area contributed by atoms with Crippen molar-refractivity contribution in [1.29, 1.82) is 0 Å². The Kier molecular flexibility index (Phi) is 4.26. The zero-order valence-electron chi connectivity index (χ0n) is 3.67. The molecule has 0 bridgehead atoms. The van der Waals surface area contributed by atoms with Crippen LogP contribution in [0.5, 0.6) is 0 Å². The smallest absolute Gasteiger partial charge is 0.242 e. The van der Waals surface area contributed by atoms with Crippen molar-refractivity contribution < 1.29 is 0 Å². The molecule has 6 heteroatoms. The number of hydrogen-bond acceptors (Lipinski definition) is 2. The number of hydrogen-bond donors (Lipinski definition) is 1. The average Bonchev–Trinajstić information content (AvgIpc) is 1.83. The Hall–Kier alpha value is -0.570. The Morgan fingerprint density at radius 3 is 2.50 bits per heavy atom. The van der Waals surface area contributed by atoms with Crippen molar-refractivity contribution >= 4 is 35.5 Å². The van der Waals surface area contributed by atoms with Crippen LogP contribution in [0.2, 0.25) is 0 Å². The molecule has 0 saturated carbocycles. The molecule has 0 aliphatic heterocycles. The average molecular weight is 153 g/mol. The minimum Gasteiger partial charge on any atom is -0.366 e. The van der Waals surface area contributed by atoms with Crippen molar-refractivity contribution in [2.75, 3.05) is 0 Å². The second kappa shape index (κ2) is 4.59. The zero-order valence-corrected chi connectivity index (χ0v) is 5.19. The van der Waals surface area contributed by atoms with E-state index in [-0.39, 0.29) is 5.96 Å². The lowest BCUT2D eigenvalue weighted by molar-refractivity contribution is 1.53. The lowest BCUT2D eigenvalue weighted by atomic mass is 11.1. The summed E-state index contributed by atoms with van der Waals surface area (Å²) < 4.78 is 5.80. The van der Waals surface area contributed by atoms with Crippen LogP contribution in [0.15, 0.2) is 14.0 Å². The van der Waals surface area contributed by atoms with Crippen molar-refractivity contribution in [3.05, 3.63) is 0 Å². The van der Waals surface area contributed by atoms with Crippen LogP contribution in [-0.4, -0.2) is 12.0 Å².